The van der Waals surface area contributed by atoms with Crippen LogP contribution in [0.1, 0.15) is 29.2 Å². The third kappa shape index (κ3) is 3.55. The first kappa shape index (κ1) is 18.7. The number of nitrogens with zero attached hydrogens (tertiary/aromatic N) is 2. The Morgan fingerprint density at radius 3 is 2.65 bits per heavy atom. The van der Waals surface area contributed by atoms with Crippen molar-refractivity contribution in [2.75, 3.05) is 20.6 Å². The van der Waals surface area contributed by atoms with E-state index in [4.69, 9.17) is 4.98 Å². The Morgan fingerprint density at radius 2 is 1.88 bits per heavy atom. The Hall–Kier alpha value is -2.10. The largest absolute Gasteiger partial charge is 0.508 e. The van der Waals surface area contributed by atoms with Gasteiger partial charge in [-0.3, -0.25) is 4.98 Å². The maximum atomic E-state index is 10.0. The van der Waals surface area contributed by atoms with Gasteiger partial charge in [0.2, 0.25) is 0 Å². The summed E-state index contributed by atoms with van der Waals surface area (Å²) in [5.41, 5.74) is 4.79. The van der Waals surface area contributed by atoms with Crippen molar-refractivity contribution in [2.45, 2.75) is 18.8 Å². The average Bonchev–Trinajstić information content (AvgIpc) is 2.59. The number of rotatable bonds is 3. The van der Waals surface area contributed by atoms with Crippen LogP contribution in [0.2, 0.25) is 0 Å². The number of aromatic hydroxyl groups is 1. The van der Waals surface area contributed by atoms with Crippen molar-refractivity contribution >= 4 is 23.3 Å². The standard InChI is InChI=1S/C22H24N2O.ClH/c1-24(2)14-17-10-11-21-19(13-15-6-3-4-9-20(15)23-21)22(17)16-7-5-8-18(25)12-16;/h3-9,12-13,17,22,25H,10-11,14H2,1-2H3;1H. The highest BCUT2D eigenvalue weighted by molar-refractivity contribution is 5.85. The molecule has 1 aromatic heterocycles. The molecule has 1 aliphatic carbocycles. The van der Waals surface area contributed by atoms with Crippen LogP contribution in [0.4, 0.5) is 0 Å². The summed E-state index contributed by atoms with van der Waals surface area (Å²) in [7, 11) is 4.27. The molecule has 0 saturated carbocycles. The molecule has 3 nitrogen and oxygen atoms in total. The SMILES string of the molecule is CN(C)CC1CCc2nc3ccccc3cc2C1c1cccc(O)c1.Cl. The average molecular weight is 369 g/mol. The molecule has 0 radical (unpaired) electrons. The van der Waals surface area contributed by atoms with Gasteiger partial charge in [-0.2, -0.15) is 0 Å². The highest BCUT2D eigenvalue weighted by Gasteiger charge is 2.32. The molecule has 3 aromatic rings. The highest BCUT2D eigenvalue weighted by Crippen LogP contribution is 2.42. The second kappa shape index (κ2) is 7.65. The van der Waals surface area contributed by atoms with E-state index in [9.17, 15) is 5.11 Å². The zero-order chi connectivity index (χ0) is 17.4. The molecule has 1 N–H and O–H groups in total. The monoisotopic (exact) mass is 368 g/mol. The molecule has 0 fully saturated rings. The summed E-state index contributed by atoms with van der Waals surface area (Å²) < 4.78 is 0. The number of phenolic OH excluding ortho intramolecular Hbond substituents is 1. The third-order valence-electron chi connectivity index (χ3n) is 5.22. The lowest BCUT2D eigenvalue weighted by molar-refractivity contribution is 0.280. The summed E-state index contributed by atoms with van der Waals surface area (Å²) in [6.45, 7) is 1.03. The molecule has 4 rings (SSSR count). The van der Waals surface area contributed by atoms with Crippen molar-refractivity contribution in [2.24, 2.45) is 5.92 Å². The van der Waals surface area contributed by atoms with E-state index in [0.29, 0.717) is 11.7 Å². The highest BCUT2D eigenvalue weighted by atomic mass is 35.5. The van der Waals surface area contributed by atoms with Gasteiger partial charge in [0.15, 0.2) is 0 Å². The molecule has 0 spiro atoms. The molecule has 1 aliphatic rings. The Labute approximate surface area is 161 Å². The number of benzene rings is 2. The molecular weight excluding hydrogens is 344 g/mol. The lowest BCUT2D eigenvalue weighted by atomic mass is 9.73. The Kier molecular flexibility index (Phi) is 5.49. The quantitative estimate of drug-likeness (QED) is 0.732. The van der Waals surface area contributed by atoms with Gasteiger partial charge in [-0.1, -0.05) is 30.3 Å². The van der Waals surface area contributed by atoms with E-state index in [0.717, 1.165) is 24.9 Å². The van der Waals surface area contributed by atoms with Crippen LogP contribution in [0, 0.1) is 5.92 Å². The van der Waals surface area contributed by atoms with Gasteiger partial charge in [0.25, 0.3) is 0 Å². The number of aromatic nitrogens is 1. The van der Waals surface area contributed by atoms with Crippen LogP contribution in [0.5, 0.6) is 5.75 Å². The molecule has 4 heteroatoms. The zero-order valence-electron chi connectivity index (χ0n) is 15.2. The van der Waals surface area contributed by atoms with E-state index in [1.165, 1.54) is 22.2 Å². The number of aryl methyl sites for hydroxylation is 1. The van der Waals surface area contributed by atoms with Crippen molar-refractivity contribution in [3.8, 4) is 5.75 Å². The van der Waals surface area contributed by atoms with Crippen LogP contribution in [0.25, 0.3) is 10.9 Å². The first-order valence-electron chi connectivity index (χ1n) is 8.94. The van der Waals surface area contributed by atoms with Crippen LogP contribution in [0.3, 0.4) is 0 Å². The van der Waals surface area contributed by atoms with E-state index in [2.05, 4.69) is 49.3 Å². The van der Waals surface area contributed by atoms with Crippen molar-refractivity contribution in [3.05, 3.63) is 71.4 Å². The summed E-state index contributed by atoms with van der Waals surface area (Å²) >= 11 is 0. The summed E-state index contributed by atoms with van der Waals surface area (Å²) in [6.07, 6.45) is 2.14. The van der Waals surface area contributed by atoms with Gasteiger partial charge in [-0.05, 0) is 68.2 Å². The summed E-state index contributed by atoms with van der Waals surface area (Å²) in [6, 6.07) is 18.4. The van der Waals surface area contributed by atoms with Crippen LogP contribution in [0.15, 0.2) is 54.6 Å². The molecule has 1 heterocycles. The number of fused-ring (bicyclic) bond motifs is 2. The summed E-state index contributed by atoms with van der Waals surface area (Å²) in [5.74, 6) is 1.13. The van der Waals surface area contributed by atoms with Crippen molar-refractivity contribution in [1.82, 2.24) is 9.88 Å². The molecule has 2 aromatic carbocycles. The molecule has 0 amide bonds. The number of halogens is 1. The fraction of sp³-hybridized carbons (Fsp3) is 0.318. The minimum absolute atomic E-state index is 0. The first-order chi connectivity index (χ1) is 12.1. The summed E-state index contributed by atoms with van der Waals surface area (Å²) in [4.78, 5) is 7.22. The van der Waals surface area contributed by atoms with Crippen LogP contribution in [-0.4, -0.2) is 35.6 Å². The minimum atomic E-state index is 0. The van der Waals surface area contributed by atoms with Gasteiger partial charge < -0.3 is 10.0 Å². The third-order valence-corrected chi connectivity index (χ3v) is 5.22. The van der Waals surface area contributed by atoms with Crippen molar-refractivity contribution in [1.29, 1.82) is 0 Å². The molecule has 2 atom stereocenters. The Balaban J connectivity index is 0.00000196. The van der Waals surface area contributed by atoms with Crippen molar-refractivity contribution < 1.29 is 5.11 Å². The van der Waals surface area contributed by atoms with Crippen LogP contribution < -0.4 is 0 Å². The number of pyridine rings is 1. The van der Waals surface area contributed by atoms with E-state index in [-0.39, 0.29) is 18.3 Å². The molecular formula is C22H25ClN2O. The van der Waals surface area contributed by atoms with Crippen LogP contribution >= 0.6 is 12.4 Å². The van der Waals surface area contributed by atoms with Gasteiger partial charge in [-0.15, -0.1) is 12.4 Å². The minimum Gasteiger partial charge on any atom is -0.508 e. The van der Waals surface area contributed by atoms with Gasteiger partial charge in [-0.25, -0.2) is 0 Å². The second-order valence-electron chi connectivity index (χ2n) is 7.35. The van der Waals surface area contributed by atoms with Crippen LogP contribution in [-0.2, 0) is 6.42 Å². The molecule has 0 bridgehead atoms. The van der Waals surface area contributed by atoms with Crippen molar-refractivity contribution in [3.63, 3.8) is 0 Å². The van der Waals surface area contributed by atoms with Gasteiger partial charge in [0.05, 0.1) is 5.52 Å². The molecule has 26 heavy (non-hydrogen) atoms. The molecule has 136 valence electrons. The maximum Gasteiger partial charge on any atom is 0.115 e. The topological polar surface area (TPSA) is 36.4 Å². The Morgan fingerprint density at radius 1 is 1.08 bits per heavy atom. The lowest BCUT2D eigenvalue weighted by Gasteiger charge is -2.35. The number of hydrogen-bond donors (Lipinski definition) is 1. The number of hydrogen-bond acceptors (Lipinski definition) is 3. The van der Waals surface area contributed by atoms with E-state index < -0.39 is 0 Å². The normalized spacial score (nSPS) is 19.2. The second-order valence-corrected chi connectivity index (χ2v) is 7.35. The summed E-state index contributed by atoms with van der Waals surface area (Å²) in [5, 5.41) is 11.2. The molecule has 2 unspecified atom stereocenters. The fourth-order valence-corrected chi connectivity index (χ4v) is 4.22. The van der Waals surface area contributed by atoms with Gasteiger partial charge >= 0.3 is 0 Å². The molecule has 0 aliphatic heterocycles. The predicted molar refractivity (Wildman–Crippen MR) is 109 cm³/mol. The lowest BCUT2D eigenvalue weighted by Crippen LogP contribution is -2.31. The van der Waals surface area contributed by atoms with Gasteiger partial charge in [0.1, 0.15) is 5.75 Å². The fourth-order valence-electron chi connectivity index (χ4n) is 4.22. The van der Waals surface area contributed by atoms with E-state index >= 15 is 0 Å². The first-order valence-corrected chi connectivity index (χ1v) is 8.94. The Bertz CT molecular complexity index is 910. The van der Waals surface area contributed by atoms with E-state index in [1.807, 2.05) is 18.2 Å². The predicted octanol–water partition coefficient (Wildman–Crippen LogP) is 4.62. The number of para-hydroxylation sites is 1. The zero-order valence-corrected chi connectivity index (χ0v) is 16.0. The van der Waals surface area contributed by atoms with Gasteiger partial charge in [0, 0.05) is 23.5 Å². The smallest absolute Gasteiger partial charge is 0.115 e. The maximum absolute atomic E-state index is 10.0. The number of phenols is 1. The molecule has 0 saturated heterocycles. The van der Waals surface area contributed by atoms with E-state index in [1.54, 1.807) is 6.07 Å².